The molecule has 0 aliphatic carbocycles. The van der Waals surface area contributed by atoms with E-state index in [0.717, 1.165) is 0 Å². The highest BCUT2D eigenvalue weighted by Crippen LogP contribution is 2.15. The zero-order valence-electron chi connectivity index (χ0n) is 36.5. The topological polar surface area (TPSA) is 388 Å². The van der Waals surface area contributed by atoms with E-state index < -0.39 is 127 Å². The van der Waals surface area contributed by atoms with Crippen molar-refractivity contribution in [3.63, 3.8) is 0 Å². The van der Waals surface area contributed by atoms with E-state index in [-0.39, 0.29) is 30.8 Å². The van der Waals surface area contributed by atoms with E-state index in [1.165, 1.54) is 62.4 Å². The summed E-state index contributed by atoms with van der Waals surface area (Å²) >= 11 is 0. The maximum absolute atomic E-state index is 13.9. The van der Waals surface area contributed by atoms with Crippen LogP contribution in [0.5, 0.6) is 11.5 Å². The fraction of sp³-hybridized carbons (Fsp3) is 0.364. The van der Waals surface area contributed by atoms with Crippen LogP contribution in [0.1, 0.15) is 43.4 Å². The van der Waals surface area contributed by atoms with Crippen LogP contribution in [-0.4, -0.2) is 129 Å². The van der Waals surface area contributed by atoms with Gasteiger partial charge in [-0.05, 0) is 46.9 Å². The molecule has 0 saturated heterocycles. The maximum atomic E-state index is 13.9. The van der Waals surface area contributed by atoms with Gasteiger partial charge in [-0.15, -0.1) is 0 Å². The molecule has 3 rings (SSSR count). The third-order valence-corrected chi connectivity index (χ3v) is 9.86. The number of rotatable bonds is 26. The van der Waals surface area contributed by atoms with Gasteiger partial charge in [-0.3, -0.25) is 43.2 Å². The van der Waals surface area contributed by atoms with Gasteiger partial charge in [0.05, 0.1) is 25.9 Å². The number of aliphatic carboxylic acids is 2. The third kappa shape index (κ3) is 18.5. The molecule has 67 heavy (non-hydrogen) atoms. The average Bonchev–Trinajstić information content (AvgIpc) is 3.27. The number of aromatic hydroxyl groups is 2. The number of amides is 8. The zero-order chi connectivity index (χ0) is 49.8. The standard InChI is InChI=1S/C44H55N9O14/c1-23(2)38(53-42(64)32(20-37(59)60)50-39(61)29(16-25-8-12-27(54)13-9-25)48-36(58)22-47-35(57)21-45)43(65)51-31(19-34(46)56)41(63)49-30(17-26-10-14-28(55)15-11-26)40(62)52-33(44(66)67)18-24-6-4-3-5-7-24/h3-15,23,29-33,38,54-55H,16-22,45H2,1-2H3,(H2,46,56)(H,47,57)(H,48,58)(H,49,63)(H,50,61)(H,51,65)(H,52,62)(H,53,64)(H,59,60)(H,66,67)/t29-,30-,31-,32-,33-,38-/m0/s1. The van der Waals surface area contributed by atoms with Crippen molar-refractivity contribution in [2.24, 2.45) is 17.4 Å². The second kappa shape index (κ2) is 26.0. The molecule has 8 amide bonds. The molecule has 6 atom stereocenters. The number of carbonyl (C=O) groups is 10. The number of hydrogen-bond acceptors (Lipinski definition) is 13. The number of carboxylic acid groups (broad SMARTS) is 2. The van der Waals surface area contributed by atoms with E-state index in [0.29, 0.717) is 16.7 Å². The van der Waals surface area contributed by atoms with Crippen LogP contribution in [-0.2, 0) is 67.2 Å². The zero-order valence-corrected chi connectivity index (χ0v) is 36.5. The van der Waals surface area contributed by atoms with Crippen molar-refractivity contribution >= 4 is 59.2 Å². The molecule has 0 spiro atoms. The van der Waals surface area contributed by atoms with Gasteiger partial charge >= 0.3 is 11.9 Å². The van der Waals surface area contributed by atoms with Crippen LogP contribution < -0.4 is 48.7 Å². The first kappa shape index (κ1) is 53.3. The van der Waals surface area contributed by atoms with Crippen LogP contribution in [0.3, 0.4) is 0 Å². The Morgan fingerprint density at radius 1 is 0.507 bits per heavy atom. The van der Waals surface area contributed by atoms with Gasteiger partial charge in [0.2, 0.25) is 47.3 Å². The molecule has 0 heterocycles. The van der Waals surface area contributed by atoms with Gasteiger partial charge in [0.25, 0.3) is 0 Å². The molecule has 15 N–H and O–H groups in total. The van der Waals surface area contributed by atoms with Crippen molar-refractivity contribution in [1.29, 1.82) is 0 Å². The van der Waals surface area contributed by atoms with Gasteiger partial charge in [-0.2, -0.15) is 0 Å². The van der Waals surface area contributed by atoms with E-state index in [2.05, 4.69) is 37.2 Å². The van der Waals surface area contributed by atoms with Gasteiger partial charge in [0.15, 0.2) is 0 Å². The summed E-state index contributed by atoms with van der Waals surface area (Å²) in [6.45, 7) is 1.91. The molecule has 0 aromatic heterocycles. The first-order valence-corrected chi connectivity index (χ1v) is 20.8. The minimum atomic E-state index is -1.88. The summed E-state index contributed by atoms with van der Waals surface area (Å²) < 4.78 is 0. The minimum Gasteiger partial charge on any atom is -0.508 e. The van der Waals surface area contributed by atoms with Crippen molar-refractivity contribution in [2.45, 2.75) is 82.2 Å². The summed E-state index contributed by atoms with van der Waals surface area (Å²) in [5.41, 5.74) is 12.1. The number of nitrogens with two attached hydrogens (primary N) is 2. The Balaban J connectivity index is 1.85. The van der Waals surface area contributed by atoms with Gasteiger partial charge in [-0.25, -0.2) is 4.79 Å². The molecule has 360 valence electrons. The molecule has 0 fully saturated rings. The lowest BCUT2D eigenvalue weighted by atomic mass is 10.0. The molecular weight excluding hydrogens is 879 g/mol. The van der Waals surface area contributed by atoms with Gasteiger partial charge in [0.1, 0.15) is 47.8 Å². The van der Waals surface area contributed by atoms with Crippen LogP contribution >= 0.6 is 0 Å². The first-order chi connectivity index (χ1) is 31.6. The maximum Gasteiger partial charge on any atom is 0.326 e. The quantitative estimate of drug-likeness (QED) is 0.0387. The first-order valence-electron chi connectivity index (χ1n) is 20.8. The Morgan fingerprint density at radius 3 is 1.40 bits per heavy atom. The predicted octanol–water partition coefficient (Wildman–Crippen LogP) is -2.80. The van der Waals surface area contributed by atoms with Crippen molar-refractivity contribution < 1.29 is 68.4 Å². The highest BCUT2D eigenvalue weighted by atomic mass is 16.4. The number of carbonyl (C=O) groups excluding carboxylic acids is 8. The van der Waals surface area contributed by atoms with Crippen molar-refractivity contribution in [3.8, 4) is 11.5 Å². The van der Waals surface area contributed by atoms with Crippen LogP contribution in [0, 0.1) is 5.92 Å². The molecule has 3 aromatic rings. The Bertz CT molecular complexity index is 2240. The van der Waals surface area contributed by atoms with E-state index in [4.69, 9.17) is 11.5 Å². The summed E-state index contributed by atoms with van der Waals surface area (Å²) in [5.74, 6) is -12.0. The highest BCUT2D eigenvalue weighted by Gasteiger charge is 2.36. The Labute approximate surface area is 383 Å². The summed E-state index contributed by atoms with van der Waals surface area (Å²) in [4.78, 5) is 130. The van der Waals surface area contributed by atoms with Crippen molar-refractivity contribution in [3.05, 3.63) is 95.6 Å². The average molecular weight is 934 g/mol. The fourth-order valence-corrected chi connectivity index (χ4v) is 6.36. The van der Waals surface area contributed by atoms with E-state index in [1.807, 2.05) is 0 Å². The summed E-state index contributed by atoms with van der Waals surface area (Å²) in [6, 6.07) is 9.64. The number of phenols is 2. The molecule has 23 heteroatoms. The van der Waals surface area contributed by atoms with Crippen LogP contribution in [0.15, 0.2) is 78.9 Å². The lowest BCUT2D eigenvalue weighted by molar-refractivity contribution is -0.142. The number of hydrogen-bond donors (Lipinski definition) is 13. The van der Waals surface area contributed by atoms with Gasteiger partial charge < -0.3 is 69.1 Å². The van der Waals surface area contributed by atoms with E-state index in [9.17, 15) is 68.4 Å². The van der Waals surface area contributed by atoms with E-state index in [1.54, 1.807) is 30.3 Å². The number of nitrogens with one attached hydrogen (secondary N) is 7. The summed E-state index contributed by atoms with van der Waals surface area (Å²) in [7, 11) is 0. The lowest BCUT2D eigenvalue weighted by Crippen LogP contribution is -2.61. The molecule has 0 radical (unpaired) electrons. The fourth-order valence-electron chi connectivity index (χ4n) is 6.36. The number of phenolic OH excluding ortho intramolecular Hbond substituents is 2. The van der Waals surface area contributed by atoms with Crippen molar-refractivity contribution in [1.82, 2.24) is 37.2 Å². The molecular formula is C44H55N9O14. The largest absolute Gasteiger partial charge is 0.508 e. The van der Waals surface area contributed by atoms with Gasteiger partial charge in [0, 0.05) is 19.3 Å². The Kier molecular flexibility index (Phi) is 20.7. The van der Waals surface area contributed by atoms with E-state index >= 15 is 0 Å². The van der Waals surface area contributed by atoms with Crippen LogP contribution in [0.4, 0.5) is 0 Å². The smallest absolute Gasteiger partial charge is 0.326 e. The monoisotopic (exact) mass is 933 g/mol. The molecule has 0 bridgehead atoms. The summed E-state index contributed by atoms with van der Waals surface area (Å²) in [5, 5.41) is 55.6. The van der Waals surface area contributed by atoms with Crippen LogP contribution in [0.2, 0.25) is 0 Å². The molecule has 0 aliphatic rings. The Hall–Kier alpha value is -8.08. The SMILES string of the molecule is CC(C)[C@H](NC(=O)[C@H](CC(=O)O)NC(=O)[C@H](Cc1ccc(O)cc1)NC(=O)CNC(=O)CN)C(=O)N[C@@H](CC(N)=O)C(=O)N[C@@H](Cc1ccc(O)cc1)C(=O)N[C@@H](Cc1ccccc1)C(=O)O. The van der Waals surface area contributed by atoms with Crippen molar-refractivity contribution in [2.75, 3.05) is 13.1 Å². The molecule has 3 aromatic carbocycles. The number of benzene rings is 3. The molecule has 0 aliphatic heterocycles. The van der Waals surface area contributed by atoms with Gasteiger partial charge in [-0.1, -0.05) is 68.4 Å². The molecule has 0 unspecified atom stereocenters. The summed E-state index contributed by atoms with van der Waals surface area (Å²) in [6.07, 6.45) is -2.50. The minimum absolute atomic E-state index is 0.107. The second-order valence-electron chi connectivity index (χ2n) is 15.6. The predicted molar refractivity (Wildman–Crippen MR) is 236 cm³/mol. The Morgan fingerprint density at radius 2 is 0.925 bits per heavy atom. The second-order valence-corrected chi connectivity index (χ2v) is 15.6. The molecule has 0 saturated carbocycles. The number of carboxylic acids is 2. The molecule has 23 nitrogen and oxygen atoms in total. The lowest BCUT2D eigenvalue weighted by Gasteiger charge is -2.28. The highest BCUT2D eigenvalue weighted by molar-refractivity contribution is 5.99. The normalized spacial score (nSPS) is 13.5. The third-order valence-electron chi connectivity index (χ3n) is 9.86. The number of primary amides is 1. The van der Waals surface area contributed by atoms with Crippen LogP contribution in [0.25, 0.3) is 0 Å².